The van der Waals surface area contributed by atoms with Crippen LogP contribution in [0.1, 0.15) is 22.0 Å². The quantitative estimate of drug-likeness (QED) is 0.831. The molecule has 0 unspecified atom stereocenters. The van der Waals surface area contributed by atoms with E-state index in [1.807, 2.05) is 6.07 Å². The number of rotatable bonds is 4. The molecule has 1 fully saturated rings. The summed E-state index contributed by atoms with van der Waals surface area (Å²) in [5.74, 6) is -1.40. The summed E-state index contributed by atoms with van der Waals surface area (Å²) in [5, 5.41) is 10.2. The third-order valence-electron chi connectivity index (χ3n) is 4.05. The molecule has 1 amide bonds. The van der Waals surface area contributed by atoms with Gasteiger partial charge in [0.2, 0.25) is 6.10 Å². The van der Waals surface area contributed by atoms with Gasteiger partial charge in [-0.25, -0.2) is 4.79 Å². The van der Waals surface area contributed by atoms with Crippen molar-refractivity contribution >= 4 is 23.5 Å². The van der Waals surface area contributed by atoms with Crippen LogP contribution in [0.25, 0.3) is 0 Å². The minimum absolute atomic E-state index is 0.0896. The summed E-state index contributed by atoms with van der Waals surface area (Å²) in [4.78, 5) is 27.1. The molecule has 0 aliphatic carbocycles. The Kier molecular flexibility index (Phi) is 5.75. The Bertz CT molecular complexity index is 790. The molecule has 6 nitrogen and oxygen atoms in total. The largest absolute Gasteiger partial charge is 0.507 e. The van der Waals surface area contributed by atoms with Gasteiger partial charge in [-0.3, -0.25) is 4.79 Å². The molecule has 1 heterocycles. The number of esters is 1. The molecule has 2 aromatic carbocycles. The Morgan fingerprint density at radius 3 is 2.50 bits per heavy atom. The van der Waals surface area contributed by atoms with E-state index in [-0.39, 0.29) is 22.2 Å². The molecule has 1 aliphatic rings. The van der Waals surface area contributed by atoms with Crippen LogP contribution >= 0.6 is 11.6 Å². The SMILES string of the molecule is O=C(O[C@H](C(=O)N1CCOCC1)c1ccccc1)c1cc(Cl)ccc1O. The molecule has 2 aromatic rings. The number of amides is 1. The normalized spacial score (nSPS) is 15.3. The lowest BCUT2D eigenvalue weighted by molar-refractivity contribution is -0.145. The predicted molar refractivity (Wildman–Crippen MR) is 95.1 cm³/mol. The Labute approximate surface area is 155 Å². The number of carbonyl (C=O) groups is 2. The summed E-state index contributed by atoms with van der Waals surface area (Å²) in [6, 6.07) is 12.8. The molecule has 1 aliphatic heterocycles. The van der Waals surface area contributed by atoms with Crippen LogP contribution in [0.3, 0.4) is 0 Å². The Balaban J connectivity index is 1.87. The minimum atomic E-state index is -1.11. The predicted octanol–water partition coefficient (Wildman–Crippen LogP) is 2.80. The smallest absolute Gasteiger partial charge is 0.343 e. The number of phenols is 1. The van der Waals surface area contributed by atoms with E-state index in [0.29, 0.717) is 31.9 Å². The summed E-state index contributed by atoms with van der Waals surface area (Å²) < 4.78 is 10.7. The lowest BCUT2D eigenvalue weighted by Gasteiger charge is -2.30. The number of ether oxygens (including phenoxy) is 2. The van der Waals surface area contributed by atoms with E-state index in [1.165, 1.54) is 18.2 Å². The van der Waals surface area contributed by atoms with E-state index < -0.39 is 12.1 Å². The fraction of sp³-hybridized carbons (Fsp3) is 0.263. The minimum Gasteiger partial charge on any atom is -0.507 e. The maximum Gasteiger partial charge on any atom is 0.343 e. The molecular weight excluding hydrogens is 358 g/mol. The molecule has 0 radical (unpaired) electrons. The van der Waals surface area contributed by atoms with Gasteiger partial charge < -0.3 is 19.5 Å². The highest BCUT2D eigenvalue weighted by atomic mass is 35.5. The number of carbonyl (C=O) groups excluding carboxylic acids is 2. The van der Waals surface area contributed by atoms with Crippen molar-refractivity contribution in [3.05, 3.63) is 64.7 Å². The van der Waals surface area contributed by atoms with Crippen LogP contribution in [0.5, 0.6) is 5.75 Å². The van der Waals surface area contributed by atoms with Gasteiger partial charge in [0.1, 0.15) is 11.3 Å². The van der Waals surface area contributed by atoms with Crippen molar-refractivity contribution < 1.29 is 24.2 Å². The van der Waals surface area contributed by atoms with E-state index in [4.69, 9.17) is 21.1 Å². The van der Waals surface area contributed by atoms with E-state index in [0.717, 1.165) is 0 Å². The van der Waals surface area contributed by atoms with Gasteiger partial charge in [0.05, 0.1) is 13.2 Å². The zero-order chi connectivity index (χ0) is 18.5. The highest BCUT2D eigenvalue weighted by Gasteiger charge is 2.31. The molecule has 1 atom stereocenters. The van der Waals surface area contributed by atoms with Crippen LogP contribution in [-0.2, 0) is 14.3 Å². The van der Waals surface area contributed by atoms with E-state index >= 15 is 0 Å². The Morgan fingerprint density at radius 2 is 1.81 bits per heavy atom. The number of nitrogens with zero attached hydrogens (tertiary/aromatic N) is 1. The summed E-state index contributed by atoms with van der Waals surface area (Å²) >= 11 is 5.89. The first-order valence-corrected chi connectivity index (χ1v) is 8.55. The van der Waals surface area contributed by atoms with Crippen molar-refractivity contribution in [2.75, 3.05) is 26.3 Å². The van der Waals surface area contributed by atoms with Gasteiger partial charge in [-0.05, 0) is 18.2 Å². The van der Waals surface area contributed by atoms with E-state index in [9.17, 15) is 14.7 Å². The molecule has 0 aromatic heterocycles. The summed E-state index contributed by atoms with van der Waals surface area (Å²) in [6.07, 6.45) is -1.11. The number of morpholine rings is 1. The van der Waals surface area contributed by atoms with Crippen molar-refractivity contribution in [3.63, 3.8) is 0 Å². The first-order valence-electron chi connectivity index (χ1n) is 8.17. The molecular formula is C19H18ClNO5. The van der Waals surface area contributed by atoms with Crippen molar-refractivity contribution in [3.8, 4) is 5.75 Å². The molecule has 26 heavy (non-hydrogen) atoms. The van der Waals surface area contributed by atoms with Crippen LogP contribution in [-0.4, -0.2) is 48.2 Å². The van der Waals surface area contributed by atoms with Gasteiger partial charge in [-0.15, -0.1) is 0 Å². The Hall–Kier alpha value is -2.57. The molecule has 7 heteroatoms. The van der Waals surface area contributed by atoms with Gasteiger partial charge in [-0.1, -0.05) is 41.9 Å². The topological polar surface area (TPSA) is 76.1 Å². The van der Waals surface area contributed by atoms with Crippen LogP contribution < -0.4 is 0 Å². The van der Waals surface area contributed by atoms with Crippen LogP contribution in [0, 0.1) is 0 Å². The average Bonchev–Trinajstić information content (AvgIpc) is 2.68. The monoisotopic (exact) mass is 375 g/mol. The van der Waals surface area contributed by atoms with Crippen LogP contribution in [0.4, 0.5) is 0 Å². The van der Waals surface area contributed by atoms with E-state index in [1.54, 1.807) is 29.2 Å². The first kappa shape index (κ1) is 18.2. The highest BCUT2D eigenvalue weighted by Crippen LogP contribution is 2.27. The average molecular weight is 376 g/mol. The van der Waals surface area contributed by atoms with Crippen molar-refractivity contribution in [1.29, 1.82) is 0 Å². The second-order valence-corrected chi connectivity index (χ2v) is 6.23. The summed E-state index contributed by atoms with van der Waals surface area (Å²) in [6.45, 7) is 1.75. The maximum atomic E-state index is 12.9. The third kappa shape index (κ3) is 4.15. The molecule has 1 saturated heterocycles. The zero-order valence-electron chi connectivity index (χ0n) is 13.9. The highest BCUT2D eigenvalue weighted by molar-refractivity contribution is 6.31. The summed E-state index contributed by atoms with van der Waals surface area (Å²) in [7, 11) is 0. The van der Waals surface area contributed by atoms with Gasteiger partial charge in [0, 0.05) is 23.7 Å². The van der Waals surface area contributed by atoms with Crippen molar-refractivity contribution in [2.24, 2.45) is 0 Å². The lowest BCUT2D eigenvalue weighted by atomic mass is 10.1. The maximum absolute atomic E-state index is 12.9. The molecule has 1 N–H and O–H groups in total. The fourth-order valence-electron chi connectivity index (χ4n) is 2.68. The van der Waals surface area contributed by atoms with Crippen LogP contribution in [0.15, 0.2) is 48.5 Å². The second kappa shape index (κ2) is 8.21. The molecule has 0 bridgehead atoms. The van der Waals surface area contributed by atoms with Gasteiger partial charge in [0.15, 0.2) is 0 Å². The standard InChI is InChI=1S/C19H18ClNO5/c20-14-6-7-16(22)15(12-14)19(24)26-17(13-4-2-1-3-5-13)18(23)21-8-10-25-11-9-21/h1-7,12,17,22H,8-11H2/t17-/m0/s1. The number of hydrogen-bond donors (Lipinski definition) is 1. The molecule has 0 spiro atoms. The molecule has 136 valence electrons. The first-order chi connectivity index (χ1) is 12.6. The molecule has 3 rings (SSSR count). The fourth-order valence-corrected chi connectivity index (χ4v) is 2.85. The van der Waals surface area contributed by atoms with Gasteiger partial charge in [-0.2, -0.15) is 0 Å². The zero-order valence-corrected chi connectivity index (χ0v) is 14.7. The van der Waals surface area contributed by atoms with E-state index in [2.05, 4.69) is 0 Å². The van der Waals surface area contributed by atoms with Gasteiger partial charge >= 0.3 is 5.97 Å². The summed E-state index contributed by atoms with van der Waals surface area (Å²) in [5.41, 5.74) is 0.465. The van der Waals surface area contributed by atoms with Crippen molar-refractivity contribution in [1.82, 2.24) is 4.90 Å². The number of halogens is 1. The number of benzene rings is 2. The second-order valence-electron chi connectivity index (χ2n) is 5.80. The Morgan fingerprint density at radius 1 is 1.12 bits per heavy atom. The number of aromatic hydroxyl groups is 1. The molecule has 0 saturated carbocycles. The number of hydrogen-bond acceptors (Lipinski definition) is 5. The third-order valence-corrected chi connectivity index (χ3v) is 4.29. The van der Waals surface area contributed by atoms with Crippen LogP contribution in [0.2, 0.25) is 5.02 Å². The van der Waals surface area contributed by atoms with Gasteiger partial charge in [0.25, 0.3) is 5.91 Å². The lowest BCUT2D eigenvalue weighted by Crippen LogP contribution is -2.44. The number of phenolic OH excluding ortho intramolecular Hbond substituents is 1. The van der Waals surface area contributed by atoms with Crippen molar-refractivity contribution in [2.45, 2.75) is 6.10 Å².